The normalized spacial score (nSPS) is 9.42. The van der Waals surface area contributed by atoms with Gasteiger partial charge in [-0.15, -0.1) is 24.8 Å². The van der Waals surface area contributed by atoms with Gasteiger partial charge in [-0.2, -0.15) is 0 Å². The number of carbonyl (C=O) groups excluding carboxylic acids is 1. The van der Waals surface area contributed by atoms with Gasteiger partial charge in [0.05, 0.1) is 13.2 Å². The van der Waals surface area contributed by atoms with Crippen molar-refractivity contribution in [3.63, 3.8) is 0 Å². The van der Waals surface area contributed by atoms with Crippen LogP contribution in [0.2, 0.25) is 0 Å². The van der Waals surface area contributed by atoms with Gasteiger partial charge in [-0.05, 0) is 12.5 Å². The largest absolute Gasteiger partial charge is 0.465 e. The summed E-state index contributed by atoms with van der Waals surface area (Å²) in [5.74, 6) is -0.197. The molecule has 1 aromatic rings. The zero-order valence-corrected chi connectivity index (χ0v) is 12.7. The molecule has 110 valence electrons. The Labute approximate surface area is 127 Å². The highest BCUT2D eigenvalue weighted by Gasteiger charge is 2.10. The molecule has 0 radical (unpaired) electrons. The van der Waals surface area contributed by atoms with Crippen molar-refractivity contribution in [2.45, 2.75) is 13.5 Å². The molecule has 0 aliphatic rings. The van der Waals surface area contributed by atoms with Gasteiger partial charge in [0.25, 0.3) is 0 Å². The van der Waals surface area contributed by atoms with Crippen molar-refractivity contribution in [2.75, 3.05) is 26.2 Å². The summed E-state index contributed by atoms with van der Waals surface area (Å²) in [5, 5.41) is 0. The third-order valence-corrected chi connectivity index (χ3v) is 2.35. The van der Waals surface area contributed by atoms with Gasteiger partial charge in [0.1, 0.15) is 0 Å². The number of nitrogens with zero attached hydrogens (tertiary/aromatic N) is 1. The number of rotatable bonds is 7. The van der Waals surface area contributed by atoms with Crippen LogP contribution in [0.5, 0.6) is 0 Å². The van der Waals surface area contributed by atoms with Gasteiger partial charge < -0.3 is 10.5 Å². The molecule has 0 unspecified atom stereocenters. The summed E-state index contributed by atoms with van der Waals surface area (Å²) in [6.45, 7) is 4.46. The van der Waals surface area contributed by atoms with E-state index in [0.717, 1.165) is 6.54 Å². The summed E-state index contributed by atoms with van der Waals surface area (Å²) in [4.78, 5) is 13.4. The van der Waals surface area contributed by atoms with E-state index in [2.05, 4.69) is 0 Å². The van der Waals surface area contributed by atoms with Crippen LogP contribution in [0.15, 0.2) is 30.3 Å². The number of esters is 1. The Bertz CT molecular complexity index is 337. The molecule has 0 atom stereocenters. The fourth-order valence-electron chi connectivity index (χ4n) is 1.63. The molecule has 0 aliphatic carbocycles. The van der Waals surface area contributed by atoms with Gasteiger partial charge in [0, 0.05) is 19.6 Å². The van der Waals surface area contributed by atoms with Crippen molar-refractivity contribution in [1.29, 1.82) is 0 Å². The summed E-state index contributed by atoms with van der Waals surface area (Å²) >= 11 is 0. The first-order valence-corrected chi connectivity index (χ1v) is 5.88. The van der Waals surface area contributed by atoms with E-state index in [1.807, 2.05) is 42.2 Å². The highest BCUT2D eigenvalue weighted by molar-refractivity contribution is 5.85. The van der Waals surface area contributed by atoms with Crippen molar-refractivity contribution in [1.82, 2.24) is 4.90 Å². The molecule has 0 amide bonds. The summed E-state index contributed by atoms with van der Waals surface area (Å²) in [5.41, 5.74) is 6.71. The quantitative estimate of drug-likeness (QED) is 0.781. The van der Waals surface area contributed by atoms with Gasteiger partial charge >= 0.3 is 5.97 Å². The highest BCUT2D eigenvalue weighted by Crippen LogP contribution is 2.04. The minimum Gasteiger partial charge on any atom is -0.465 e. The molecular weight excluding hydrogens is 287 g/mol. The van der Waals surface area contributed by atoms with Crippen LogP contribution < -0.4 is 5.73 Å². The van der Waals surface area contributed by atoms with Crippen LogP contribution >= 0.6 is 24.8 Å². The van der Waals surface area contributed by atoms with Gasteiger partial charge in [0.2, 0.25) is 0 Å². The minimum atomic E-state index is -0.197. The average molecular weight is 309 g/mol. The van der Waals surface area contributed by atoms with Crippen molar-refractivity contribution in [3.8, 4) is 0 Å². The van der Waals surface area contributed by atoms with Crippen LogP contribution in [0.3, 0.4) is 0 Å². The smallest absolute Gasteiger partial charge is 0.320 e. The van der Waals surface area contributed by atoms with E-state index in [1.165, 1.54) is 5.56 Å². The van der Waals surface area contributed by atoms with Gasteiger partial charge in [-0.25, -0.2) is 0 Å². The summed E-state index contributed by atoms with van der Waals surface area (Å²) in [6, 6.07) is 10.0. The molecule has 1 rings (SSSR count). The number of ether oxygens (including phenoxy) is 1. The van der Waals surface area contributed by atoms with Gasteiger partial charge in [0.15, 0.2) is 0 Å². The Morgan fingerprint density at radius 2 is 1.89 bits per heavy atom. The van der Waals surface area contributed by atoms with E-state index in [-0.39, 0.29) is 30.8 Å². The van der Waals surface area contributed by atoms with E-state index < -0.39 is 0 Å². The minimum absolute atomic E-state index is 0. The molecule has 0 saturated heterocycles. The monoisotopic (exact) mass is 308 g/mol. The lowest BCUT2D eigenvalue weighted by atomic mass is 10.2. The Kier molecular flexibility index (Phi) is 13.2. The fraction of sp³-hybridized carbons (Fsp3) is 0.462. The van der Waals surface area contributed by atoms with Crippen LogP contribution in [0.4, 0.5) is 0 Å². The Morgan fingerprint density at radius 3 is 2.42 bits per heavy atom. The first-order valence-electron chi connectivity index (χ1n) is 5.88. The second-order valence-electron chi connectivity index (χ2n) is 3.79. The number of halogens is 2. The molecule has 0 spiro atoms. The lowest BCUT2D eigenvalue weighted by Gasteiger charge is -2.20. The van der Waals surface area contributed by atoms with Crippen LogP contribution in [-0.4, -0.2) is 37.1 Å². The first kappa shape index (κ1) is 20.5. The standard InChI is InChI=1S/C13H20N2O2.2ClH/c1-2-17-13(16)11-15(9-8-14)10-12-6-4-3-5-7-12;;/h3-7H,2,8-11,14H2,1H3;2*1H. The number of carbonyl (C=O) groups is 1. The fourth-order valence-corrected chi connectivity index (χ4v) is 1.63. The van der Waals surface area contributed by atoms with E-state index in [0.29, 0.717) is 26.2 Å². The topological polar surface area (TPSA) is 55.6 Å². The van der Waals surface area contributed by atoms with Crippen molar-refractivity contribution in [3.05, 3.63) is 35.9 Å². The molecule has 4 nitrogen and oxygen atoms in total. The Morgan fingerprint density at radius 1 is 1.26 bits per heavy atom. The average Bonchev–Trinajstić information content (AvgIpc) is 2.31. The predicted octanol–water partition coefficient (Wildman–Crippen LogP) is 1.85. The zero-order chi connectivity index (χ0) is 12.5. The summed E-state index contributed by atoms with van der Waals surface area (Å²) in [7, 11) is 0. The van der Waals surface area contributed by atoms with E-state index in [1.54, 1.807) is 0 Å². The van der Waals surface area contributed by atoms with Crippen LogP contribution in [0, 0.1) is 0 Å². The molecule has 0 saturated carbocycles. The molecule has 0 aliphatic heterocycles. The molecular formula is C13H22Cl2N2O2. The lowest BCUT2D eigenvalue weighted by molar-refractivity contribution is -0.144. The maximum absolute atomic E-state index is 11.4. The van der Waals surface area contributed by atoms with Crippen LogP contribution in [-0.2, 0) is 16.1 Å². The molecule has 2 N–H and O–H groups in total. The molecule has 19 heavy (non-hydrogen) atoms. The summed E-state index contributed by atoms with van der Waals surface area (Å²) in [6.07, 6.45) is 0. The first-order chi connectivity index (χ1) is 8.26. The second kappa shape index (κ2) is 12.2. The second-order valence-corrected chi connectivity index (χ2v) is 3.79. The number of nitrogens with two attached hydrogens (primary N) is 1. The molecule has 0 bridgehead atoms. The van der Waals surface area contributed by atoms with E-state index >= 15 is 0 Å². The third-order valence-electron chi connectivity index (χ3n) is 2.35. The zero-order valence-electron chi connectivity index (χ0n) is 11.1. The predicted molar refractivity (Wildman–Crippen MR) is 81.9 cm³/mol. The third kappa shape index (κ3) is 8.83. The van der Waals surface area contributed by atoms with Crippen molar-refractivity contribution < 1.29 is 9.53 Å². The Balaban J connectivity index is 0. The molecule has 0 fully saturated rings. The number of hydrogen-bond acceptors (Lipinski definition) is 4. The number of hydrogen-bond donors (Lipinski definition) is 1. The van der Waals surface area contributed by atoms with Crippen molar-refractivity contribution in [2.24, 2.45) is 5.73 Å². The molecule has 1 aromatic carbocycles. The molecule has 0 heterocycles. The van der Waals surface area contributed by atoms with E-state index in [4.69, 9.17) is 10.5 Å². The maximum atomic E-state index is 11.4. The van der Waals surface area contributed by atoms with Crippen molar-refractivity contribution >= 4 is 30.8 Å². The number of benzene rings is 1. The van der Waals surface area contributed by atoms with E-state index in [9.17, 15) is 4.79 Å². The SMILES string of the molecule is CCOC(=O)CN(CCN)Cc1ccccc1.Cl.Cl. The van der Waals surface area contributed by atoms with Gasteiger partial charge in [-0.1, -0.05) is 30.3 Å². The molecule has 6 heteroatoms. The van der Waals surface area contributed by atoms with Gasteiger partial charge in [-0.3, -0.25) is 9.69 Å². The van der Waals surface area contributed by atoms with Crippen LogP contribution in [0.25, 0.3) is 0 Å². The highest BCUT2D eigenvalue weighted by atomic mass is 35.5. The maximum Gasteiger partial charge on any atom is 0.320 e. The van der Waals surface area contributed by atoms with Crippen LogP contribution in [0.1, 0.15) is 12.5 Å². The molecule has 0 aromatic heterocycles. The summed E-state index contributed by atoms with van der Waals surface area (Å²) < 4.78 is 4.93. The lowest BCUT2D eigenvalue weighted by Crippen LogP contribution is -2.34. The Hall–Kier alpha value is -0.810.